The molecular formula is C18H17N3O. The van der Waals surface area contributed by atoms with E-state index in [2.05, 4.69) is 28.5 Å². The maximum Gasteiger partial charge on any atom is 0.226 e. The predicted molar refractivity (Wildman–Crippen MR) is 84.5 cm³/mol. The standard InChI is InChI=1S/C18H17N3O/c22-18(11-14-12-21-10-4-3-7-17(21)19-14)20-16-9-8-13-5-1-2-6-15(13)16/h1-7,10,12,16H,8-9,11H2,(H,20,22). The van der Waals surface area contributed by atoms with Crippen molar-refractivity contribution in [2.45, 2.75) is 25.3 Å². The first-order valence-corrected chi connectivity index (χ1v) is 7.59. The number of nitrogens with zero attached hydrogens (tertiary/aromatic N) is 2. The summed E-state index contributed by atoms with van der Waals surface area (Å²) in [6.07, 6.45) is 6.19. The fourth-order valence-electron chi connectivity index (χ4n) is 3.19. The lowest BCUT2D eigenvalue weighted by atomic mass is 10.1. The number of amides is 1. The van der Waals surface area contributed by atoms with Crippen LogP contribution in [-0.2, 0) is 17.6 Å². The number of aryl methyl sites for hydroxylation is 1. The van der Waals surface area contributed by atoms with Gasteiger partial charge in [0.1, 0.15) is 5.65 Å². The first-order valence-electron chi connectivity index (χ1n) is 7.59. The molecule has 1 unspecified atom stereocenters. The fourth-order valence-corrected chi connectivity index (χ4v) is 3.19. The monoisotopic (exact) mass is 291 g/mol. The summed E-state index contributed by atoms with van der Waals surface area (Å²) in [6, 6.07) is 14.3. The zero-order chi connectivity index (χ0) is 14.9. The molecule has 0 saturated heterocycles. The molecule has 1 aliphatic rings. The minimum Gasteiger partial charge on any atom is -0.349 e. The third-order valence-electron chi connectivity index (χ3n) is 4.22. The summed E-state index contributed by atoms with van der Waals surface area (Å²) in [5, 5.41) is 3.14. The number of benzene rings is 1. The molecule has 4 rings (SSSR count). The predicted octanol–water partition coefficient (Wildman–Crippen LogP) is 2.68. The van der Waals surface area contributed by atoms with Crippen LogP contribution in [0.1, 0.15) is 29.3 Å². The average Bonchev–Trinajstić information content (AvgIpc) is 3.11. The molecule has 1 N–H and O–H groups in total. The van der Waals surface area contributed by atoms with Gasteiger partial charge in [-0.3, -0.25) is 4.79 Å². The molecule has 0 spiro atoms. The topological polar surface area (TPSA) is 46.4 Å². The molecule has 2 aromatic heterocycles. The summed E-state index contributed by atoms with van der Waals surface area (Å²) in [5.41, 5.74) is 4.28. The van der Waals surface area contributed by atoms with Crippen LogP contribution in [0.4, 0.5) is 0 Å². The van der Waals surface area contributed by atoms with Crippen molar-refractivity contribution in [3.8, 4) is 0 Å². The van der Waals surface area contributed by atoms with E-state index in [4.69, 9.17) is 0 Å². The van der Waals surface area contributed by atoms with Crippen molar-refractivity contribution in [1.29, 1.82) is 0 Å². The van der Waals surface area contributed by atoms with Crippen molar-refractivity contribution in [3.63, 3.8) is 0 Å². The number of fused-ring (bicyclic) bond motifs is 2. The molecular weight excluding hydrogens is 274 g/mol. The van der Waals surface area contributed by atoms with Crippen molar-refractivity contribution in [3.05, 3.63) is 71.7 Å². The minimum atomic E-state index is 0.0325. The van der Waals surface area contributed by atoms with Crippen LogP contribution < -0.4 is 5.32 Å². The largest absolute Gasteiger partial charge is 0.349 e. The highest BCUT2D eigenvalue weighted by molar-refractivity contribution is 5.79. The summed E-state index contributed by atoms with van der Waals surface area (Å²) < 4.78 is 1.94. The highest BCUT2D eigenvalue weighted by Gasteiger charge is 2.23. The van der Waals surface area contributed by atoms with E-state index in [-0.39, 0.29) is 11.9 Å². The number of rotatable bonds is 3. The molecule has 0 aliphatic heterocycles. The van der Waals surface area contributed by atoms with Gasteiger partial charge in [0.05, 0.1) is 18.2 Å². The van der Waals surface area contributed by atoms with E-state index in [1.807, 2.05) is 41.1 Å². The van der Waals surface area contributed by atoms with Gasteiger partial charge >= 0.3 is 0 Å². The molecule has 0 fully saturated rings. The van der Waals surface area contributed by atoms with Crippen LogP contribution in [0.5, 0.6) is 0 Å². The molecule has 4 heteroatoms. The van der Waals surface area contributed by atoms with Crippen molar-refractivity contribution in [1.82, 2.24) is 14.7 Å². The van der Waals surface area contributed by atoms with Gasteiger partial charge in [-0.05, 0) is 36.1 Å². The number of imidazole rings is 1. The highest BCUT2D eigenvalue weighted by atomic mass is 16.1. The van der Waals surface area contributed by atoms with Gasteiger partial charge in [-0.2, -0.15) is 0 Å². The summed E-state index contributed by atoms with van der Waals surface area (Å²) in [4.78, 5) is 16.8. The lowest BCUT2D eigenvalue weighted by Gasteiger charge is -2.13. The quantitative estimate of drug-likeness (QED) is 0.806. The van der Waals surface area contributed by atoms with Gasteiger partial charge in [0, 0.05) is 12.4 Å². The molecule has 1 aromatic carbocycles. The van der Waals surface area contributed by atoms with Crippen LogP contribution in [0.25, 0.3) is 5.65 Å². The van der Waals surface area contributed by atoms with Crippen molar-refractivity contribution in [2.75, 3.05) is 0 Å². The van der Waals surface area contributed by atoms with Gasteiger partial charge in [0.25, 0.3) is 0 Å². The van der Waals surface area contributed by atoms with Crippen LogP contribution in [0, 0.1) is 0 Å². The Balaban J connectivity index is 1.47. The third kappa shape index (κ3) is 2.37. The van der Waals surface area contributed by atoms with Crippen LogP contribution in [0.2, 0.25) is 0 Å². The molecule has 0 radical (unpaired) electrons. The Bertz CT molecular complexity index is 804. The number of aromatic nitrogens is 2. The van der Waals surface area contributed by atoms with Crippen molar-refractivity contribution in [2.24, 2.45) is 0 Å². The second-order valence-corrected chi connectivity index (χ2v) is 5.73. The smallest absolute Gasteiger partial charge is 0.226 e. The Labute approximate surface area is 128 Å². The Morgan fingerprint density at radius 2 is 2.09 bits per heavy atom. The third-order valence-corrected chi connectivity index (χ3v) is 4.22. The van der Waals surface area contributed by atoms with Gasteiger partial charge in [-0.25, -0.2) is 4.98 Å². The summed E-state index contributed by atoms with van der Waals surface area (Å²) in [6.45, 7) is 0. The molecule has 0 bridgehead atoms. The van der Waals surface area contributed by atoms with E-state index in [0.717, 1.165) is 24.2 Å². The van der Waals surface area contributed by atoms with Gasteiger partial charge in [0.2, 0.25) is 5.91 Å². The molecule has 4 nitrogen and oxygen atoms in total. The summed E-state index contributed by atoms with van der Waals surface area (Å²) in [5.74, 6) is 0.0325. The Morgan fingerprint density at radius 1 is 1.23 bits per heavy atom. The number of hydrogen-bond donors (Lipinski definition) is 1. The van der Waals surface area contributed by atoms with E-state index < -0.39 is 0 Å². The van der Waals surface area contributed by atoms with Crippen LogP contribution in [0.3, 0.4) is 0 Å². The zero-order valence-electron chi connectivity index (χ0n) is 12.2. The first-order chi connectivity index (χ1) is 10.8. The summed E-state index contributed by atoms with van der Waals surface area (Å²) in [7, 11) is 0. The van der Waals surface area contributed by atoms with Crippen LogP contribution >= 0.6 is 0 Å². The minimum absolute atomic E-state index is 0.0325. The Hall–Kier alpha value is -2.62. The molecule has 1 atom stereocenters. The number of hydrogen-bond acceptors (Lipinski definition) is 2. The van der Waals surface area contributed by atoms with E-state index in [1.165, 1.54) is 11.1 Å². The van der Waals surface area contributed by atoms with E-state index >= 15 is 0 Å². The van der Waals surface area contributed by atoms with E-state index in [1.54, 1.807) is 0 Å². The van der Waals surface area contributed by atoms with Gasteiger partial charge in [-0.15, -0.1) is 0 Å². The molecule has 1 aliphatic carbocycles. The maximum atomic E-state index is 12.3. The number of carbonyl (C=O) groups excluding carboxylic acids is 1. The lowest BCUT2D eigenvalue weighted by molar-refractivity contribution is -0.121. The lowest BCUT2D eigenvalue weighted by Crippen LogP contribution is -2.28. The number of nitrogens with one attached hydrogen (secondary N) is 1. The number of pyridine rings is 1. The molecule has 3 aromatic rings. The Kier molecular flexibility index (Phi) is 3.15. The SMILES string of the molecule is O=C(Cc1cn2ccccc2n1)NC1CCc2ccccc21. The zero-order valence-corrected chi connectivity index (χ0v) is 12.2. The van der Waals surface area contributed by atoms with E-state index in [0.29, 0.717) is 6.42 Å². The number of carbonyl (C=O) groups is 1. The first kappa shape index (κ1) is 13.1. The molecule has 2 heterocycles. The molecule has 22 heavy (non-hydrogen) atoms. The van der Waals surface area contributed by atoms with Crippen molar-refractivity contribution >= 4 is 11.6 Å². The fraction of sp³-hybridized carbons (Fsp3) is 0.222. The van der Waals surface area contributed by atoms with Gasteiger partial charge < -0.3 is 9.72 Å². The highest BCUT2D eigenvalue weighted by Crippen LogP contribution is 2.30. The second-order valence-electron chi connectivity index (χ2n) is 5.73. The molecule has 0 saturated carbocycles. The van der Waals surface area contributed by atoms with Crippen LogP contribution in [0.15, 0.2) is 54.9 Å². The normalized spacial score (nSPS) is 16.6. The van der Waals surface area contributed by atoms with E-state index in [9.17, 15) is 4.79 Å². The molecule has 110 valence electrons. The second kappa shape index (κ2) is 5.30. The van der Waals surface area contributed by atoms with Gasteiger partial charge in [0.15, 0.2) is 0 Å². The Morgan fingerprint density at radius 3 is 3.00 bits per heavy atom. The average molecular weight is 291 g/mol. The van der Waals surface area contributed by atoms with Gasteiger partial charge in [-0.1, -0.05) is 30.3 Å². The molecule has 1 amide bonds. The van der Waals surface area contributed by atoms with Crippen LogP contribution in [-0.4, -0.2) is 15.3 Å². The maximum absolute atomic E-state index is 12.3. The summed E-state index contributed by atoms with van der Waals surface area (Å²) >= 11 is 0. The van der Waals surface area contributed by atoms with Crippen molar-refractivity contribution < 1.29 is 4.79 Å².